The Labute approximate surface area is 59.1 Å². The van der Waals surface area contributed by atoms with E-state index in [1.807, 2.05) is 0 Å². The van der Waals surface area contributed by atoms with E-state index < -0.39 is 0 Å². The molecule has 0 radical (unpaired) electrons. The van der Waals surface area contributed by atoms with Crippen molar-refractivity contribution < 1.29 is 0 Å². The van der Waals surface area contributed by atoms with E-state index in [2.05, 4.69) is 40.3 Å². The van der Waals surface area contributed by atoms with E-state index in [1.165, 1.54) is 12.8 Å². The lowest BCUT2D eigenvalue weighted by Gasteiger charge is -1.89. The third-order valence-corrected chi connectivity index (χ3v) is 0.956. The molecule has 0 rings (SSSR count). The standard InChI is InChI=1S/C4H10S.C3H8/c1-3-4(2)5;1-3-2/h4-5H,3H2,1-2H3;3H2,1-2H3. The summed E-state index contributed by atoms with van der Waals surface area (Å²) in [5, 5.41) is 0.579. The van der Waals surface area contributed by atoms with Crippen LogP contribution in [0.15, 0.2) is 0 Å². The van der Waals surface area contributed by atoms with Crippen LogP contribution in [0.5, 0.6) is 0 Å². The molecule has 0 saturated carbocycles. The molecular weight excluding hydrogens is 116 g/mol. The average molecular weight is 134 g/mol. The minimum Gasteiger partial charge on any atom is -0.176 e. The smallest absolute Gasteiger partial charge is 0.00142 e. The highest BCUT2D eigenvalue weighted by atomic mass is 32.1. The monoisotopic (exact) mass is 134 g/mol. The third kappa shape index (κ3) is 32.9. The van der Waals surface area contributed by atoms with Crippen LogP contribution in [0.4, 0.5) is 0 Å². The molecule has 0 spiro atoms. The summed E-state index contributed by atoms with van der Waals surface area (Å²) < 4.78 is 0. The van der Waals surface area contributed by atoms with Gasteiger partial charge in [0.2, 0.25) is 0 Å². The number of hydrogen-bond donors (Lipinski definition) is 1. The van der Waals surface area contributed by atoms with E-state index in [0.29, 0.717) is 5.25 Å². The molecule has 52 valence electrons. The molecule has 0 aromatic heterocycles. The van der Waals surface area contributed by atoms with E-state index in [4.69, 9.17) is 0 Å². The SMILES string of the molecule is CCC.CCC(C)S. The maximum atomic E-state index is 4.10. The van der Waals surface area contributed by atoms with Crippen molar-refractivity contribution in [3.63, 3.8) is 0 Å². The molecule has 0 bridgehead atoms. The topological polar surface area (TPSA) is 0 Å². The minimum atomic E-state index is 0.579. The van der Waals surface area contributed by atoms with E-state index >= 15 is 0 Å². The summed E-state index contributed by atoms with van der Waals surface area (Å²) in [6.45, 7) is 8.46. The fourth-order valence-corrected chi connectivity index (χ4v) is 0. The van der Waals surface area contributed by atoms with E-state index in [-0.39, 0.29) is 0 Å². The van der Waals surface area contributed by atoms with Gasteiger partial charge in [0.25, 0.3) is 0 Å². The first-order valence-corrected chi connectivity index (χ1v) is 3.88. The van der Waals surface area contributed by atoms with Crippen LogP contribution in [0.2, 0.25) is 0 Å². The highest BCUT2D eigenvalue weighted by Crippen LogP contribution is 1.94. The Morgan fingerprint density at radius 1 is 1.25 bits per heavy atom. The molecule has 0 aliphatic carbocycles. The van der Waals surface area contributed by atoms with Gasteiger partial charge in [-0.1, -0.05) is 34.1 Å². The molecule has 1 heteroatoms. The molecule has 1 unspecified atom stereocenters. The Morgan fingerprint density at radius 3 is 1.38 bits per heavy atom. The van der Waals surface area contributed by atoms with Crippen molar-refractivity contribution in [2.45, 2.75) is 45.8 Å². The third-order valence-electron chi connectivity index (χ3n) is 0.591. The Balaban J connectivity index is 0. The van der Waals surface area contributed by atoms with Crippen LogP contribution >= 0.6 is 12.6 Å². The molecule has 0 heterocycles. The van der Waals surface area contributed by atoms with Gasteiger partial charge in [0.1, 0.15) is 0 Å². The Kier molecular flexibility index (Phi) is 14.5. The predicted octanol–water partition coefficient (Wildman–Crippen LogP) is 3.13. The van der Waals surface area contributed by atoms with Gasteiger partial charge in [0.15, 0.2) is 0 Å². The average Bonchev–Trinajstić information content (AvgIpc) is 1.69. The lowest BCUT2D eigenvalue weighted by Crippen LogP contribution is -1.81. The van der Waals surface area contributed by atoms with Gasteiger partial charge in [-0.3, -0.25) is 0 Å². The highest BCUT2D eigenvalue weighted by molar-refractivity contribution is 7.80. The maximum absolute atomic E-state index is 4.10. The van der Waals surface area contributed by atoms with Crippen LogP contribution in [0.1, 0.15) is 40.5 Å². The molecule has 0 saturated heterocycles. The molecular formula is C7H18S. The van der Waals surface area contributed by atoms with Gasteiger partial charge < -0.3 is 0 Å². The van der Waals surface area contributed by atoms with Crippen LogP contribution in [0, 0.1) is 0 Å². The second-order valence-electron chi connectivity index (χ2n) is 1.96. The van der Waals surface area contributed by atoms with Crippen LogP contribution in [-0.2, 0) is 0 Å². The molecule has 0 aromatic rings. The molecule has 0 N–H and O–H groups in total. The number of rotatable bonds is 1. The van der Waals surface area contributed by atoms with Crippen LogP contribution in [0.3, 0.4) is 0 Å². The van der Waals surface area contributed by atoms with Crippen molar-refractivity contribution in [3.05, 3.63) is 0 Å². The fraction of sp³-hybridized carbons (Fsp3) is 1.00. The van der Waals surface area contributed by atoms with Gasteiger partial charge in [-0.05, 0) is 11.7 Å². The summed E-state index contributed by atoms with van der Waals surface area (Å²) in [6, 6.07) is 0. The van der Waals surface area contributed by atoms with Crippen molar-refractivity contribution in [2.75, 3.05) is 0 Å². The zero-order valence-electron chi connectivity index (χ0n) is 6.44. The van der Waals surface area contributed by atoms with Crippen LogP contribution in [0.25, 0.3) is 0 Å². The molecule has 0 amide bonds. The van der Waals surface area contributed by atoms with Crippen LogP contribution < -0.4 is 0 Å². The van der Waals surface area contributed by atoms with Crippen molar-refractivity contribution in [2.24, 2.45) is 0 Å². The van der Waals surface area contributed by atoms with Crippen molar-refractivity contribution >= 4 is 12.6 Å². The molecule has 8 heavy (non-hydrogen) atoms. The second-order valence-corrected chi connectivity index (χ2v) is 2.85. The van der Waals surface area contributed by atoms with Gasteiger partial charge in [-0.25, -0.2) is 0 Å². The summed E-state index contributed by atoms with van der Waals surface area (Å²) in [7, 11) is 0. The largest absolute Gasteiger partial charge is 0.176 e. The Hall–Kier alpha value is 0.350. The zero-order valence-corrected chi connectivity index (χ0v) is 7.33. The lowest BCUT2D eigenvalue weighted by atomic mass is 10.4. The molecule has 0 aromatic carbocycles. The van der Waals surface area contributed by atoms with Gasteiger partial charge >= 0.3 is 0 Å². The van der Waals surface area contributed by atoms with Crippen LogP contribution in [-0.4, -0.2) is 5.25 Å². The Bertz CT molecular complexity index is 25.6. The minimum absolute atomic E-state index is 0.579. The summed E-state index contributed by atoms with van der Waals surface area (Å²) in [5.74, 6) is 0. The van der Waals surface area contributed by atoms with Crippen molar-refractivity contribution in [3.8, 4) is 0 Å². The van der Waals surface area contributed by atoms with E-state index in [0.717, 1.165) is 0 Å². The first-order valence-electron chi connectivity index (χ1n) is 3.37. The molecule has 0 fully saturated rings. The fourth-order valence-electron chi connectivity index (χ4n) is 0. The van der Waals surface area contributed by atoms with E-state index in [1.54, 1.807) is 0 Å². The number of thiol groups is 1. The van der Waals surface area contributed by atoms with Crippen molar-refractivity contribution in [1.29, 1.82) is 0 Å². The van der Waals surface area contributed by atoms with E-state index in [9.17, 15) is 0 Å². The Morgan fingerprint density at radius 2 is 1.38 bits per heavy atom. The normalized spacial score (nSPS) is 11.6. The molecule has 0 nitrogen and oxygen atoms in total. The van der Waals surface area contributed by atoms with Gasteiger partial charge in [-0.15, -0.1) is 0 Å². The van der Waals surface area contributed by atoms with Gasteiger partial charge in [0.05, 0.1) is 0 Å². The maximum Gasteiger partial charge on any atom is -0.00142 e. The first kappa shape index (κ1) is 11.2. The molecule has 1 atom stereocenters. The van der Waals surface area contributed by atoms with Crippen molar-refractivity contribution in [1.82, 2.24) is 0 Å². The summed E-state index contributed by atoms with van der Waals surface area (Å²) in [4.78, 5) is 0. The quantitative estimate of drug-likeness (QED) is 0.523. The van der Waals surface area contributed by atoms with Gasteiger partial charge in [0, 0.05) is 0 Å². The summed E-state index contributed by atoms with van der Waals surface area (Å²) >= 11 is 4.10. The highest BCUT2D eigenvalue weighted by Gasteiger charge is 1.81. The van der Waals surface area contributed by atoms with Gasteiger partial charge in [-0.2, -0.15) is 12.6 Å². The number of hydrogen-bond acceptors (Lipinski definition) is 1. The first-order chi connectivity index (χ1) is 3.68. The lowest BCUT2D eigenvalue weighted by molar-refractivity contribution is 0.913. The second kappa shape index (κ2) is 10.4. The summed E-state index contributed by atoms with van der Waals surface area (Å²) in [5.41, 5.74) is 0. The summed E-state index contributed by atoms with van der Waals surface area (Å²) in [6.07, 6.45) is 2.42. The predicted molar refractivity (Wildman–Crippen MR) is 44.7 cm³/mol. The zero-order chi connectivity index (χ0) is 6.99. The molecule has 0 aliphatic rings. The molecule has 0 aliphatic heterocycles.